The smallest absolute Gasteiger partial charge is 0.233 e. The molecular weight excluding hydrogens is 258 g/mol. The Morgan fingerprint density at radius 1 is 1.47 bits per heavy atom. The van der Waals surface area contributed by atoms with E-state index < -0.39 is 0 Å². The topological polar surface area (TPSA) is 38.3 Å². The van der Waals surface area contributed by atoms with Crippen molar-refractivity contribution in [3.63, 3.8) is 0 Å². The molecule has 0 spiro atoms. The summed E-state index contributed by atoms with van der Waals surface area (Å²) in [6, 6.07) is 9.96. The van der Waals surface area contributed by atoms with E-state index in [2.05, 4.69) is 24.9 Å². The van der Waals surface area contributed by atoms with Crippen molar-refractivity contribution in [1.29, 1.82) is 0 Å². The molecule has 1 fully saturated rings. The second kappa shape index (κ2) is 6.96. The molecule has 0 radical (unpaired) electrons. The molecule has 0 aliphatic carbocycles. The van der Waals surface area contributed by atoms with Crippen LogP contribution in [0, 0.1) is 5.92 Å². The van der Waals surface area contributed by atoms with Crippen LogP contribution >= 0.6 is 12.6 Å². The highest BCUT2D eigenvalue weighted by Gasteiger charge is 2.25. The van der Waals surface area contributed by atoms with Crippen molar-refractivity contribution >= 4 is 18.5 Å². The first-order chi connectivity index (χ1) is 9.16. The standard InChI is InChI=1S/C15H21NO2S/c1-11-13(7-8-18-11)10-16-15(17)14(19)9-12-5-3-2-4-6-12/h2-6,11,13-14,19H,7-10H2,1H3,(H,16,17). The summed E-state index contributed by atoms with van der Waals surface area (Å²) in [7, 11) is 0. The second-order valence-electron chi connectivity index (χ2n) is 5.08. The van der Waals surface area contributed by atoms with E-state index in [1.807, 2.05) is 30.3 Å². The van der Waals surface area contributed by atoms with Crippen LogP contribution in [0.2, 0.25) is 0 Å². The van der Waals surface area contributed by atoms with E-state index in [0.717, 1.165) is 18.6 Å². The molecule has 3 unspecified atom stereocenters. The zero-order chi connectivity index (χ0) is 13.7. The maximum Gasteiger partial charge on any atom is 0.233 e. The maximum absolute atomic E-state index is 12.0. The first kappa shape index (κ1) is 14.4. The molecule has 1 aliphatic heterocycles. The van der Waals surface area contributed by atoms with Crippen molar-refractivity contribution in [2.45, 2.75) is 31.1 Å². The summed E-state index contributed by atoms with van der Waals surface area (Å²) in [4.78, 5) is 12.0. The molecular formula is C15H21NO2S. The molecule has 3 atom stereocenters. The lowest BCUT2D eigenvalue weighted by Crippen LogP contribution is -2.37. The van der Waals surface area contributed by atoms with Gasteiger partial charge in [0.05, 0.1) is 11.4 Å². The van der Waals surface area contributed by atoms with E-state index in [-0.39, 0.29) is 17.3 Å². The first-order valence-corrected chi connectivity index (χ1v) is 7.29. The molecule has 19 heavy (non-hydrogen) atoms. The molecule has 104 valence electrons. The number of hydrogen-bond donors (Lipinski definition) is 2. The Balaban J connectivity index is 1.76. The van der Waals surface area contributed by atoms with Crippen LogP contribution < -0.4 is 5.32 Å². The average molecular weight is 279 g/mol. The van der Waals surface area contributed by atoms with Crippen LogP contribution in [0.5, 0.6) is 0 Å². The fourth-order valence-corrected chi connectivity index (χ4v) is 2.63. The van der Waals surface area contributed by atoms with E-state index in [1.165, 1.54) is 0 Å². The molecule has 1 aromatic carbocycles. The summed E-state index contributed by atoms with van der Waals surface area (Å²) in [5.74, 6) is 0.437. The van der Waals surface area contributed by atoms with Crippen LogP contribution in [0.4, 0.5) is 0 Å². The van der Waals surface area contributed by atoms with Gasteiger partial charge in [0.2, 0.25) is 5.91 Å². The fourth-order valence-electron chi connectivity index (χ4n) is 2.32. The van der Waals surface area contributed by atoms with E-state index in [4.69, 9.17) is 4.74 Å². The van der Waals surface area contributed by atoms with Crippen molar-refractivity contribution in [3.8, 4) is 0 Å². The average Bonchev–Trinajstić information content (AvgIpc) is 2.82. The highest BCUT2D eigenvalue weighted by molar-refractivity contribution is 7.81. The summed E-state index contributed by atoms with van der Waals surface area (Å²) >= 11 is 4.39. The third kappa shape index (κ3) is 4.25. The molecule has 1 saturated heterocycles. The molecule has 2 rings (SSSR count). The lowest BCUT2D eigenvalue weighted by molar-refractivity contribution is -0.120. The van der Waals surface area contributed by atoms with Gasteiger partial charge in [-0.15, -0.1) is 0 Å². The van der Waals surface area contributed by atoms with Gasteiger partial charge in [-0.3, -0.25) is 4.79 Å². The van der Waals surface area contributed by atoms with Crippen LogP contribution in [0.3, 0.4) is 0 Å². The Morgan fingerprint density at radius 2 is 2.21 bits per heavy atom. The van der Waals surface area contributed by atoms with Crippen LogP contribution in [0.15, 0.2) is 30.3 Å². The lowest BCUT2D eigenvalue weighted by atomic mass is 10.0. The number of thiol groups is 1. The Labute approximate surface area is 120 Å². The van der Waals surface area contributed by atoms with Crippen LogP contribution in [-0.4, -0.2) is 30.4 Å². The van der Waals surface area contributed by atoms with E-state index >= 15 is 0 Å². The molecule has 1 N–H and O–H groups in total. The van der Waals surface area contributed by atoms with E-state index in [1.54, 1.807) is 0 Å². The van der Waals surface area contributed by atoms with Gasteiger partial charge in [0.15, 0.2) is 0 Å². The number of benzene rings is 1. The molecule has 1 amide bonds. The minimum Gasteiger partial charge on any atom is -0.378 e. The molecule has 1 heterocycles. The highest BCUT2D eigenvalue weighted by atomic mass is 32.1. The second-order valence-corrected chi connectivity index (χ2v) is 5.70. The zero-order valence-electron chi connectivity index (χ0n) is 11.2. The van der Waals surface area contributed by atoms with Gasteiger partial charge in [-0.25, -0.2) is 0 Å². The maximum atomic E-state index is 12.0. The number of hydrogen-bond acceptors (Lipinski definition) is 3. The Bertz CT molecular complexity index is 410. The lowest BCUT2D eigenvalue weighted by Gasteiger charge is -2.17. The molecule has 0 bridgehead atoms. The number of rotatable bonds is 5. The van der Waals surface area contributed by atoms with Gasteiger partial charge in [0.1, 0.15) is 0 Å². The van der Waals surface area contributed by atoms with E-state index in [0.29, 0.717) is 18.9 Å². The minimum atomic E-state index is -0.292. The first-order valence-electron chi connectivity index (χ1n) is 6.78. The predicted molar refractivity (Wildman–Crippen MR) is 79.5 cm³/mol. The third-order valence-corrected chi connectivity index (χ3v) is 4.06. The van der Waals surface area contributed by atoms with Crippen molar-refractivity contribution in [1.82, 2.24) is 5.32 Å². The largest absolute Gasteiger partial charge is 0.378 e. The van der Waals surface area contributed by atoms with Crippen molar-refractivity contribution in [2.24, 2.45) is 5.92 Å². The van der Waals surface area contributed by atoms with Crippen molar-refractivity contribution in [2.75, 3.05) is 13.2 Å². The number of carbonyl (C=O) groups excluding carboxylic acids is 1. The predicted octanol–water partition coefficient (Wildman–Crippen LogP) is 2.07. The van der Waals surface area contributed by atoms with Gasteiger partial charge in [-0.2, -0.15) is 12.6 Å². The van der Waals surface area contributed by atoms with Gasteiger partial charge >= 0.3 is 0 Å². The van der Waals surface area contributed by atoms with Crippen LogP contribution in [-0.2, 0) is 16.0 Å². The van der Waals surface area contributed by atoms with Gasteiger partial charge in [-0.05, 0) is 25.3 Å². The third-order valence-electron chi connectivity index (χ3n) is 3.65. The Morgan fingerprint density at radius 3 is 2.84 bits per heavy atom. The normalized spacial score (nSPS) is 24.1. The molecule has 0 aromatic heterocycles. The van der Waals surface area contributed by atoms with Gasteiger partial charge in [0.25, 0.3) is 0 Å². The summed E-state index contributed by atoms with van der Waals surface area (Å²) in [6.45, 7) is 3.55. The summed E-state index contributed by atoms with van der Waals surface area (Å²) < 4.78 is 5.48. The van der Waals surface area contributed by atoms with Gasteiger partial charge < -0.3 is 10.1 Å². The monoisotopic (exact) mass is 279 g/mol. The molecule has 1 aromatic rings. The molecule has 3 nitrogen and oxygen atoms in total. The fraction of sp³-hybridized carbons (Fsp3) is 0.533. The summed E-state index contributed by atoms with van der Waals surface area (Å²) in [5.41, 5.74) is 1.13. The zero-order valence-corrected chi connectivity index (χ0v) is 12.1. The summed E-state index contributed by atoms with van der Waals surface area (Å²) in [5, 5.41) is 2.69. The number of carbonyl (C=O) groups is 1. The number of amides is 1. The Hall–Kier alpha value is -1.00. The van der Waals surface area contributed by atoms with Crippen molar-refractivity contribution < 1.29 is 9.53 Å². The molecule has 1 aliphatic rings. The minimum absolute atomic E-state index is 0.00582. The van der Waals surface area contributed by atoms with E-state index in [9.17, 15) is 4.79 Å². The van der Waals surface area contributed by atoms with Crippen LogP contribution in [0.25, 0.3) is 0 Å². The molecule has 4 heteroatoms. The quantitative estimate of drug-likeness (QED) is 0.810. The van der Waals surface area contributed by atoms with Crippen molar-refractivity contribution in [3.05, 3.63) is 35.9 Å². The van der Waals surface area contributed by atoms with Gasteiger partial charge in [-0.1, -0.05) is 30.3 Å². The SMILES string of the molecule is CC1OCCC1CNC(=O)C(S)Cc1ccccc1. The highest BCUT2D eigenvalue weighted by Crippen LogP contribution is 2.19. The number of nitrogens with one attached hydrogen (secondary N) is 1. The Kier molecular flexibility index (Phi) is 5.28. The van der Waals surface area contributed by atoms with Crippen LogP contribution in [0.1, 0.15) is 18.9 Å². The number of ether oxygens (including phenoxy) is 1. The van der Waals surface area contributed by atoms with Gasteiger partial charge in [0, 0.05) is 19.1 Å². The summed E-state index contributed by atoms with van der Waals surface area (Å²) in [6.07, 6.45) is 1.93. The molecule has 0 saturated carbocycles.